The van der Waals surface area contributed by atoms with Gasteiger partial charge in [0.25, 0.3) is 0 Å². The van der Waals surface area contributed by atoms with Gasteiger partial charge in [0, 0.05) is 23.4 Å². The maximum absolute atomic E-state index is 14.3. The van der Waals surface area contributed by atoms with Crippen molar-refractivity contribution >= 4 is 10.9 Å². The van der Waals surface area contributed by atoms with Crippen LogP contribution < -0.4 is 14.9 Å². The van der Waals surface area contributed by atoms with Crippen LogP contribution in [0.1, 0.15) is 13.3 Å². The lowest BCUT2D eigenvalue weighted by atomic mass is 10.0. The van der Waals surface area contributed by atoms with Crippen LogP contribution in [0.2, 0.25) is 0 Å². The smallest absolute Gasteiger partial charge is 0.200 e. The fourth-order valence-electron chi connectivity index (χ4n) is 2.67. The third kappa shape index (κ3) is 3.03. The van der Waals surface area contributed by atoms with E-state index in [9.17, 15) is 14.3 Å². The number of phenols is 1. The minimum absolute atomic E-state index is 0.0960. The number of aromatic hydroxyl groups is 1. The summed E-state index contributed by atoms with van der Waals surface area (Å²) in [7, 11) is 1.48. The monoisotopic (exact) mass is 343 g/mol. The van der Waals surface area contributed by atoms with Crippen molar-refractivity contribution in [2.24, 2.45) is 0 Å². The van der Waals surface area contributed by atoms with Crippen LogP contribution >= 0.6 is 0 Å². The number of aromatic amines is 1. The van der Waals surface area contributed by atoms with Gasteiger partial charge in [0.2, 0.25) is 0 Å². The number of methoxy groups -OCH3 is 1. The summed E-state index contributed by atoms with van der Waals surface area (Å²) < 4.78 is 24.9. The van der Waals surface area contributed by atoms with Crippen LogP contribution in [0.25, 0.3) is 22.0 Å². The molecule has 6 heteroatoms. The number of ether oxygens (including phenoxy) is 2. The molecule has 0 bridgehead atoms. The summed E-state index contributed by atoms with van der Waals surface area (Å²) in [4.78, 5) is 15.8. The highest BCUT2D eigenvalue weighted by Gasteiger charge is 2.17. The zero-order valence-electron chi connectivity index (χ0n) is 13.9. The summed E-state index contributed by atoms with van der Waals surface area (Å²) in [6.45, 7) is 2.42. The first-order chi connectivity index (χ1) is 12.1. The second-order valence-corrected chi connectivity index (χ2v) is 5.56. The number of rotatable bonds is 5. The Bertz CT molecular complexity index is 981. The first kappa shape index (κ1) is 16.8. The van der Waals surface area contributed by atoms with Gasteiger partial charge in [-0.1, -0.05) is 6.92 Å². The van der Waals surface area contributed by atoms with Gasteiger partial charge in [-0.3, -0.25) is 4.79 Å². The highest BCUT2D eigenvalue weighted by molar-refractivity contribution is 5.89. The summed E-state index contributed by atoms with van der Waals surface area (Å²) in [6, 6.07) is 7.28. The maximum Gasteiger partial charge on any atom is 0.200 e. The Kier molecular flexibility index (Phi) is 4.61. The number of H-pyrrole nitrogens is 1. The molecule has 0 atom stereocenters. The molecule has 3 aromatic rings. The van der Waals surface area contributed by atoms with Gasteiger partial charge >= 0.3 is 0 Å². The van der Waals surface area contributed by atoms with E-state index < -0.39 is 11.2 Å². The normalized spacial score (nSPS) is 10.8. The summed E-state index contributed by atoms with van der Waals surface area (Å²) in [5, 5.41) is 10.1. The van der Waals surface area contributed by atoms with Crippen molar-refractivity contribution in [3.05, 3.63) is 52.6 Å². The number of benzene rings is 2. The van der Waals surface area contributed by atoms with E-state index in [-0.39, 0.29) is 16.7 Å². The molecular formula is C19H18FNO4. The molecule has 0 saturated carbocycles. The van der Waals surface area contributed by atoms with Gasteiger partial charge in [0.1, 0.15) is 23.1 Å². The predicted octanol–water partition coefficient (Wildman–Crippen LogP) is 3.84. The van der Waals surface area contributed by atoms with Crippen LogP contribution in [0.5, 0.6) is 17.2 Å². The van der Waals surface area contributed by atoms with Crippen molar-refractivity contribution in [2.45, 2.75) is 13.3 Å². The zero-order chi connectivity index (χ0) is 18.0. The number of hydrogen-bond acceptors (Lipinski definition) is 4. The molecule has 0 unspecified atom stereocenters. The lowest BCUT2D eigenvalue weighted by Gasteiger charge is -2.11. The number of nitrogens with one attached hydrogen (secondary N) is 1. The Balaban J connectivity index is 2.21. The van der Waals surface area contributed by atoms with Crippen molar-refractivity contribution in [1.29, 1.82) is 0 Å². The molecule has 0 amide bonds. The number of pyridine rings is 1. The first-order valence-corrected chi connectivity index (χ1v) is 7.91. The minimum Gasteiger partial charge on any atom is -0.507 e. The van der Waals surface area contributed by atoms with Crippen molar-refractivity contribution in [1.82, 2.24) is 4.98 Å². The first-order valence-electron chi connectivity index (χ1n) is 7.91. The molecule has 0 spiro atoms. The molecular weight excluding hydrogens is 325 g/mol. The minimum atomic E-state index is -0.644. The van der Waals surface area contributed by atoms with E-state index >= 15 is 0 Å². The predicted molar refractivity (Wildman–Crippen MR) is 94.0 cm³/mol. The number of hydrogen-bond donors (Lipinski definition) is 2. The lowest BCUT2D eigenvalue weighted by Crippen LogP contribution is -2.10. The molecule has 2 aromatic carbocycles. The molecule has 0 radical (unpaired) electrons. The summed E-state index contributed by atoms with van der Waals surface area (Å²) in [6.07, 6.45) is 2.24. The van der Waals surface area contributed by atoms with Crippen LogP contribution in [0.15, 0.2) is 41.3 Å². The number of phenolic OH excluding ortho intramolecular Hbond substituents is 1. The Labute approximate surface area is 143 Å². The largest absolute Gasteiger partial charge is 0.507 e. The second kappa shape index (κ2) is 6.84. The van der Waals surface area contributed by atoms with Crippen LogP contribution in [0.3, 0.4) is 0 Å². The molecule has 1 aromatic heterocycles. The van der Waals surface area contributed by atoms with E-state index in [0.717, 1.165) is 6.42 Å². The molecule has 130 valence electrons. The highest BCUT2D eigenvalue weighted by Crippen LogP contribution is 2.32. The standard InChI is InChI=1S/C19H18FNO4/c1-3-8-25-16-7-6-14(20)17-18(16)21-10-13(19(17)23)12-5-4-11(24-2)9-15(12)22/h4-7,9-10,22H,3,8H2,1-2H3,(H,21,23). The van der Waals surface area contributed by atoms with Crippen LogP contribution in [0.4, 0.5) is 4.39 Å². The SMILES string of the molecule is CCCOc1ccc(F)c2c(=O)c(-c3ccc(OC)cc3O)c[nH]c12. The molecule has 0 aliphatic heterocycles. The molecule has 0 fully saturated rings. The molecule has 5 nitrogen and oxygen atoms in total. The molecule has 0 aliphatic rings. The molecule has 0 aliphatic carbocycles. The van der Waals surface area contributed by atoms with E-state index in [2.05, 4.69) is 4.98 Å². The highest BCUT2D eigenvalue weighted by atomic mass is 19.1. The third-order valence-electron chi connectivity index (χ3n) is 3.91. The van der Waals surface area contributed by atoms with Crippen LogP contribution in [-0.4, -0.2) is 23.8 Å². The van der Waals surface area contributed by atoms with E-state index in [1.807, 2.05) is 6.92 Å². The fraction of sp³-hybridized carbons (Fsp3) is 0.211. The number of fused-ring (bicyclic) bond motifs is 1. The third-order valence-corrected chi connectivity index (χ3v) is 3.91. The van der Waals surface area contributed by atoms with Crippen LogP contribution in [0, 0.1) is 5.82 Å². The molecule has 25 heavy (non-hydrogen) atoms. The lowest BCUT2D eigenvalue weighted by molar-refractivity contribution is 0.320. The Hall–Kier alpha value is -3.02. The molecule has 1 heterocycles. The Morgan fingerprint density at radius 2 is 2.00 bits per heavy atom. The van der Waals surface area contributed by atoms with E-state index in [0.29, 0.717) is 29.2 Å². The topological polar surface area (TPSA) is 71.6 Å². The number of halogens is 1. The Morgan fingerprint density at radius 3 is 2.68 bits per heavy atom. The maximum atomic E-state index is 14.3. The van der Waals surface area contributed by atoms with Crippen molar-refractivity contribution < 1.29 is 19.0 Å². The molecule has 2 N–H and O–H groups in total. The summed E-state index contributed by atoms with van der Waals surface area (Å²) in [5.74, 6) is 0.110. The van der Waals surface area contributed by atoms with E-state index in [1.54, 1.807) is 12.1 Å². The van der Waals surface area contributed by atoms with Gasteiger partial charge in [-0.2, -0.15) is 0 Å². The van der Waals surface area contributed by atoms with Gasteiger partial charge in [0.05, 0.1) is 24.6 Å². The zero-order valence-corrected chi connectivity index (χ0v) is 13.9. The number of aromatic nitrogens is 1. The van der Waals surface area contributed by atoms with Crippen molar-refractivity contribution in [2.75, 3.05) is 13.7 Å². The molecule has 0 saturated heterocycles. The van der Waals surface area contributed by atoms with Gasteiger partial charge in [-0.15, -0.1) is 0 Å². The van der Waals surface area contributed by atoms with Gasteiger partial charge in [-0.25, -0.2) is 4.39 Å². The average Bonchev–Trinajstić information content (AvgIpc) is 2.61. The van der Waals surface area contributed by atoms with E-state index in [4.69, 9.17) is 9.47 Å². The summed E-state index contributed by atoms with van der Waals surface area (Å²) in [5.41, 5.74) is 0.242. The van der Waals surface area contributed by atoms with Gasteiger partial charge < -0.3 is 19.6 Å². The second-order valence-electron chi connectivity index (χ2n) is 5.56. The summed E-state index contributed by atoms with van der Waals surface area (Å²) >= 11 is 0. The van der Waals surface area contributed by atoms with Crippen molar-refractivity contribution in [3.63, 3.8) is 0 Å². The molecule has 3 rings (SSSR count). The van der Waals surface area contributed by atoms with Crippen LogP contribution in [-0.2, 0) is 0 Å². The van der Waals surface area contributed by atoms with Crippen molar-refractivity contribution in [3.8, 4) is 28.4 Å². The Morgan fingerprint density at radius 1 is 1.20 bits per heavy atom. The fourth-order valence-corrected chi connectivity index (χ4v) is 2.67. The average molecular weight is 343 g/mol. The van der Waals surface area contributed by atoms with E-state index in [1.165, 1.54) is 31.5 Å². The van der Waals surface area contributed by atoms with Gasteiger partial charge in [0.15, 0.2) is 5.43 Å². The van der Waals surface area contributed by atoms with Gasteiger partial charge in [-0.05, 0) is 30.7 Å². The quantitative estimate of drug-likeness (QED) is 0.738.